The maximum Gasteiger partial charge on any atom is 0.0822 e. The predicted molar refractivity (Wildman–Crippen MR) is 31.3 cm³/mol. The smallest absolute Gasteiger partial charge is 0.0822 e. The van der Waals surface area contributed by atoms with Crippen molar-refractivity contribution in [2.45, 2.75) is 6.10 Å². The van der Waals surface area contributed by atoms with Crippen molar-refractivity contribution in [2.24, 2.45) is 0 Å². The highest BCUT2D eigenvalue weighted by molar-refractivity contribution is 4.74. The van der Waals surface area contributed by atoms with E-state index in [4.69, 9.17) is 5.11 Å². The van der Waals surface area contributed by atoms with Gasteiger partial charge in [0.15, 0.2) is 0 Å². The molecule has 1 aliphatic heterocycles. The average Bonchev–Trinajstić information content (AvgIpc) is 1.57. The molecule has 3 heteroatoms. The fourth-order valence-electron chi connectivity index (χ4n) is 0.760. The Bertz CT molecular complexity index is 78.5. The van der Waals surface area contributed by atoms with Gasteiger partial charge in [-0.15, -0.1) is 0 Å². The standard InChI is InChI=1S/C5H12N2O/c1-6(2)7-3-5(8)4-7/h5,8H,3-4H2,1-2H3. The molecule has 0 bridgehead atoms. The topological polar surface area (TPSA) is 26.7 Å². The van der Waals surface area contributed by atoms with Gasteiger partial charge in [-0.25, -0.2) is 10.0 Å². The summed E-state index contributed by atoms with van der Waals surface area (Å²) >= 11 is 0. The lowest BCUT2D eigenvalue weighted by atomic mass is 10.2. The molecule has 48 valence electrons. The summed E-state index contributed by atoms with van der Waals surface area (Å²) in [5.74, 6) is 0. The lowest BCUT2D eigenvalue weighted by Crippen LogP contribution is -2.56. The van der Waals surface area contributed by atoms with Gasteiger partial charge in [-0.05, 0) is 0 Å². The van der Waals surface area contributed by atoms with E-state index in [-0.39, 0.29) is 6.10 Å². The van der Waals surface area contributed by atoms with Crippen LogP contribution in [0, 0.1) is 0 Å². The highest BCUT2D eigenvalue weighted by Gasteiger charge is 2.25. The van der Waals surface area contributed by atoms with Gasteiger partial charge in [-0.3, -0.25) is 0 Å². The van der Waals surface area contributed by atoms with Crippen LogP contribution in [0.25, 0.3) is 0 Å². The van der Waals surface area contributed by atoms with E-state index in [1.807, 2.05) is 19.1 Å². The van der Waals surface area contributed by atoms with Crippen molar-refractivity contribution in [3.05, 3.63) is 0 Å². The molecular formula is C5H12N2O. The van der Waals surface area contributed by atoms with Gasteiger partial charge in [0.05, 0.1) is 6.10 Å². The first-order chi connectivity index (χ1) is 3.70. The maximum absolute atomic E-state index is 8.80. The molecule has 0 aliphatic carbocycles. The third-order valence-electron chi connectivity index (χ3n) is 1.41. The number of hydrogen-bond donors (Lipinski definition) is 1. The summed E-state index contributed by atoms with van der Waals surface area (Å²) in [4.78, 5) is 0. The minimum atomic E-state index is -0.0857. The Kier molecular flexibility index (Phi) is 1.51. The fraction of sp³-hybridized carbons (Fsp3) is 1.00. The normalized spacial score (nSPS) is 24.0. The zero-order valence-electron chi connectivity index (χ0n) is 5.33. The number of β-amino-alcohol motifs (C(OH)–C–C–N with tert-alkyl or cyclic N) is 1. The first-order valence-electron chi connectivity index (χ1n) is 2.80. The number of hydrogen-bond acceptors (Lipinski definition) is 3. The van der Waals surface area contributed by atoms with E-state index in [0.29, 0.717) is 0 Å². The fourth-order valence-corrected chi connectivity index (χ4v) is 0.760. The second kappa shape index (κ2) is 2.01. The molecule has 0 amide bonds. The number of hydrazine groups is 1. The third-order valence-corrected chi connectivity index (χ3v) is 1.41. The van der Waals surface area contributed by atoms with Crippen molar-refractivity contribution in [3.8, 4) is 0 Å². The molecule has 0 aromatic carbocycles. The summed E-state index contributed by atoms with van der Waals surface area (Å²) in [6.07, 6.45) is -0.0857. The quantitative estimate of drug-likeness (QED) is 0.483. The van der Waals surface area contributed by atoms with Crippen molar-refractivity contribution < 1.29 is 5.11 Å². The van der Waals surface area contributed by atoms with Gasteiger partial charge >= 0.3 is 0 Å². The van der Waals surface area contributed by atoms with Gasteiger partial charge in [0.25, 0.3) is 0 Å². The highest BCUT2D eigenvalue weighted by atomic mass is 16.3. The van der Waals surface area contributed by atoms with Gasteiger partial charge in [-0.2, -0.15) is 0 Å². The molecule has 0 radical (unpaired) electrons. The Morgan fingerprint density at radius 2 is 2.00 bits per heavy atom. The molecule has 1 aliphatic rings. The second-order valence-electron chi connectivity index (χ2n) is 2.37. The van der Waals surface area contributed by atoms with E-state index in [1.54, 1.807) is 0 Å². The van der Waals surface area contributed by atoms with Crippen LogP contribution in [0.2, 0.25) is 0 Å². The Morgan fingerprint density at radius 1 is 1.50 bits per heavy atom. The molecule has 1 N–H and O–H groups in total. The van der Waals surface area contributed by atoms with Gasteiger partial charge in [0, 0.05) is 27.2 Å². The van der Waals surface area contributed by atoms with Crippen molar-refractivity contribution in [1.82, 2.24) is 10.0 Å². The number of nitrogens with zero attached hydrogens (tertiary/aromatic N) is 2. The zero-order chi connectivity index (χ0) is 6.15. The zero-order valence-corrected chi connectivity index (χ0v) is 5.33. The monoisotopic (exact) mass is 116 g/mol. The molecule has 1 fully saturated rings. The van der Waals surface area contributed by atoms with Crippen LogP contribution in [0.1, 0.15) is 0 Å². The molecule has 1 saturated heterocycles. The van der Waals surface area contributed by atoms with Gasteiger partial charge in [-0.1, -0.05) is 0 Å². The average molecular weight is 116 g/mol. The number of aliphatic hydroxyl groups excluding tert-OH is 1. The van der Waals surface area contributed by atoms with Crippen molar-refractivity contribution in [1.29, 1.82) is 0 Å². The van der Waals surface area contributed by atoms with Crippen LogP contribution in [0.4, 0.5) is 0 Å². The molecule has 1 rings (SSSR count). The van der Waals surface area contributed by atoms with Crippen LogP contribution in [-0.2, 0) is 0 Å². The largest absolute Gasteiger partial charge is 0.390 e. The van der Waals surface area contributed by atoms with Crippen LogP contribution in [0.15, 0.2) is 0 Å². The Hall–Kier alpha value is -0.120. The lowest BCUT2D eigenvalue weighted by Gasteiger charge is -2.40. The maximum atomic E-state index is 8.80. The third kappa shape index (κ3) is 0.992. The lowest BCUT2D eigenvalue weighted by molar-refractivity contribution is -0.110. The van der Waals surface area contributed by atoms with Crippen LogP contribution in [0.3, 0.4) is 0 Å². The second-order valence-corrected chi connectivity index (χ2v) is 2.37. The van der Waals surface area contributed by atoms with E-state index < -0.39 is 0 Å². The van der Waals surface area contributed by atoms with Gasteiger partial charge in [0.1, 0.15) is 0 Å². The van der Waals surface area contributed by atoms with Crippen LogP contribution >= 0.6 is 0 Å². The molecule has 0 aromatic rings. The first-order valence-corrected chi connectivity index (χ1v) is 2.80. The molecule has 8 heavy (non-hydrogen) atoms. The molecule has 0 spiro atoms. The summed E-state index contributed by atoms with van der Waals surface area (Å²) < 4.78 is 0. The summed E-state index contributed by atoms with van der Waals surface area (Å²) in [5.41, 5.74) is 0. The minimum absolute atomic E-state index is 0.0857. The van der Waals surface area contributed by atoms with Crippen LogP contribution < -0.4 is 0 Å². The van der Waals surface area contributed by atoms with Crippen LogP contribution in [-0.4, -0.2) is 48.4 Å². The van der Waals surface area contributed by atoms with Crippen molar-refractivity contribution in [3.63, 3.8) is 0 Å². The Morgan fingerprint density at radius 3 is 2.12 bits per heavy atom. The first kappa shape index (κ1) is 6.01. The van der Waals surface area contributed by atoms with E-state index >= 15 is 0 Å². The van der Waals surface area contributed by atoms with Crippen LogP contribution in [0.5, 0.6) is 0 Å². The molecule has 1 heterocycles. The van der Waals surface area contributed by atoms with Gasteiger partial charge < -0.3 is 5.11 Å². The van der Waals surface area contributed by atoms with E-state index in [0.717, 1.165) is 13.1 Å². The Labute approximate surface area is 49.5 Å². The van der Waals surface area contributed by atoms with Gasteiger partial charge in [0.2, 0.25) is 0 Å². The molecule has 3 nitrogen and oxygen atoms in total. The number of aliphatic hydroxyl groups is 1. The molecule has 0 aromatic heterocycles. The highest BCUT2D eigenvalue weighted by Crippen LogP contribution is 2.06. The summed E-state index contributed by atoms with van der Waals surface area (Å²) in [6.45, 7) is 1.60. The molecule has 0 unspecified atom stereocenters. The molecule has 0 saturated carbocycles. The predicted octanol–water partition coefficient (Wildman–Crippen LogP) is -0.861. The van der Waals surface area contributed by atoms with Crippen molar-refractivity contribution in [2.75, 3.05) is 27.2 Å². The minimum Gasteiger partial charge on any atom is -0.390 e. The number of rotatable bonds is 1. The van der Waals surface area contributed by atoms with Crippen molar-refractivity contribution >= 4 is 0 Å². The summed E-state index contributed by atoms with van der Waals surface area (Å²) in [7, 11) is 3.96. The SMILES string of the molecule is CN(C)N1CC(O)C1. The molecular weight excluding hydrogens is 104 g/mol. The molecule has 0 atom stereocenters. The Balaban J connectivity index is 2.15. The summed E-state index contributed by atoms with van der Waals surface area (Å²) in [6, 6.07) is 0. The summed E-state index contributed by atoms with van der Waals surface area (Å²) in [5, 5.41) is 12.9. The van der Waals surface area contributed by atoms with E-state index in [1.165, 1.54) is 0 Å². The van der Waals surface area contributed by atoms with E-state index in [9.17, 15) is 0 Å². The van der Waals surface area contributed by atoms with E-state index in [2.05, 4.69) is 5.01 Å².